The van der Waals surface area contributed by atoms with E-state index in [1.54, 1.807) is 18.2 Å². The summed E-state index contributed by atoms with van der Waals surface area (Å²) in [6, 6.07) is 14.6. The smallest absolute Gasteiger partial charge is 0.239 e. The van der Waals surface area contributed by atoms with E-state index in [1.165, 1.54) is 11.8 Å². The van der Waals surface area contributed by atoms with E-state index < -0.39 is 0 Å². The monoisotopic (exact) mass is 427 g/mol. The molecular formula is C22H25N3O4S. The van der Waals surface area contributed by atoms with Gasteiger partial charge in [-0.05, 0) is 42.5 Å². The molecule has 0 spiro atoms. The number of para-hydroxylation sites is 1. The normalized spacial score (nSPS) is 12.0. The van der Waals surface area contributed by atoms with Crippen LogP contribution in [0.5, 0.6) is 5.75 Å². The molecule has 0 aliphatic rings. The highest BCUT2D eigenvalue weighted by molar-refractivity contribution is 7.99. The SMILES string of the molecule is CSC(Cc1ccc(OCC(=Nc2ccccc2C=O)N(C)C)cc1)C(=O)NC=O. The summed E-state index contributed by atoms with van der Waals surface area (Å²) in [7, 11) is 3.73. The van der Waals surface area contributed by atoms with Gasteiger partial charge in [-0.25, -0.2) is 4.99 Å². The number of aliphatic imine (C=N–C) groups is 1. The van der Waals surface area contributed by atoms with Crippen LogP contribution in [0.4, 0.5) is 5.69 Å². The fraction of sp³-hybridized carbons (Fsp3) is 0.273. The van der Waals surface area contributed by atoms with E-state index in [0.29, 0.717) is 35.7 Å². The Hall–Kier alpha value is -3.13. The number of thioether (sulfide) groups is 1. The van der Waals surface area contributed by atoms with Gasteiger partial charge in [0.2, 0.25) is 12.3 Å². The predicted molar refractivity (Wildman–Crippen MR) is 120 cm³/mol. The lowest BCUT2D eigenvalue weighted by molar-refractivity contribution is -0.124. The molecule has 2 amide bonds. The number of carbonyl (C=O) groups is 3. The Morgan fingerprint density at radius 2 is 1.87 bits per heavy atom. The molecule has 0 heterocycles. The van der Waals surface area contributed by atoms with Crippen molar-refractivity contribution in [3.63, 3.8) is 0 Å². The minimum Gasteiger partial charge on any atom is -0.486 e. The number of amides is 2. The summed E-state index contributed by atoms with van der Waals surface area (Å²) in [5.74, 6) is 1.02. The third-order valence-electron chi connectivity index (χ3n) is 4.32. The van der Waals surface area contributed by atoms with E-state index in [1.807, 2.05) is 55.6 Å². The number of hydrogen-bond donors (Lipinski definition) is 1. The molecule has 0 aromatic heterocycles. The first-order chi connectivity index (χ1) is 14.5. The van der Waals surface area contributed by atoms with Gasteiger partial charge in [-0.2, -0.15) is 11.8 Å². The van der Waals surface area contributed by atoms with E-state index in [4.69, 9.17) is 4.74 Å². The van der Waals surface area contributed by atoms with Gasteiger partial charge >= 0.3 is 0 Å². The highest BCUT2D eigenvalue weighted by atomic mass is 32.2. The number of imide groups is 1. The van der Waals surface area contributed by atoms with Crippen LogP contribution in [0.15, 0.2) is 53.5 Å². The van der Waals surface area contributed by atoms with Gasteiger partial charge in [-0.1, -0.05) is 24.3 Å². The summed E-state index contributed by atoms with van der Waals surface area (Å²) < 4.78 is 5.86. The molecule has 0 aliphatic heterocycles. The van der Waals surface area contributed by atoms with Gasteiger partial charge < -0.3 is 9.64 Å². The molecule has 2 rings (SSSR count). The molecule has 30 heavy (non-hydrogen) atoms. The highest BCUT2D eigenvalue weighted by Crippen LogP contribution is 2.19. The minimum absolute atomic E-state index is 0.231. The molecule has 1 unspecified atom stereocenters. The number of aldehydes is 1. The number of nitrogens with one attached hydrogen (secondary N) is 1. The van der Waals surface area contributed by atoms with Crippen LogP contribution in [0, 0.1) is 0 Å². The zero-order chi connectivity index (χ0) is 21.9. The van der Waals surface area contributed by atoms with Crippen LogP contribution in [-0.2, 0) is 16.0 Å². The van der Waals surface area contributed by atoms with Crippen molar-refractivity contribution in [2.75, 3.05) is 27.0 Å². The summed E-state index contributed by atoms with van der Waals surface area (Å²) >= 11 is 1.39. The Kier molecular flexibility index (Phi) is 9.08. The van der Waals surface area contributed by atoms with E-state index in [0.717, 1.165) is 11.8 Å². The van der Waals surface area contributed by atoms with Gasteiger partial charge in [0.15, 0.2) is 6.29 Å². The Morgan fingerprint density at radius 3 is 2.47 bits per heavy atom. The molecule has 0 bridgehead atoms. The Morgan fingerprint density at radius 1 is 1.17 bits per heavy atom. The first-order valence-electron chi connectivity index (χ1n) is 9.26. The largest absolute Gasteiger partial charge is 0.486 e. The summed E-state index contributed by atoms with van der Waals surface area (Å²) in [6.45, 7) is 0.231. The standard InChI is InChI=1S/C22H25N3O4S/c1-25(2)21(24-19-7-5-4-6-17(19)13-26)14-29-18-10-8-16(9-11-18)12-20(30-3)22(28)23-15-27/h4-11,13,15,20H,12,14H2,1-3H3,(H,23,27,28). The number of amidine groups is 1. The summed E-state index contributed by atoms with van der Waals surface area (Å²) in [6.07, 6.45) is 3.52. The maximum atomic E-state index is 11.9. The maximum absolute atomic E-state index is 11.9. The average molecular weight is 428 g/mol. The number of hydrogen-bond acceptors (Lipinski definition) is 6. The first-order valence-corrected chi connectivity index (χ1v) is 10.5. The first kappa shape index (κ1) is 23.2. The zero-order valence-electron chi connectivity index (χ0n) is 17.2. The van der Waals surface area contributed by atoms with Gasteiger partial charge in [0.25, 0.3) is 0 Å². The highest BCUT2D eigenvalue weighted by Gasteiger charge is 2.17. The lowest BCUT2D eigenvalue weighted by atomic mass is 10.1. The molecule has 0 aliphatic carbocycles. The third kappa shape index (κ3) is 6.73. The molecule has 7 nitrogen and oxygen atoms in total. The fourth-order valence-corrected chi connectivity index (χ4v) is 3.25. The van der Waals surface area contributed by atoms with Crippen LogP contribution in [-0.4, -0.2) is 61.5 Å². The molecule has 0 saturated carbocycles. The second-order valence-corrected chi connectivity index (χ2v) is 7.63. The molecule has 1 N–H and O–H groups in total. The quantitative estimate of drug-likeness (QED) is 0.356. The second kappa shape index (κ2) is 11.8. The lowest BCUT2D eigenvalue weighted by Gasteiger charge is -2.17. The van der Waals surface area contributed by atoms with Crippen molar-refractivity contribution in [1.29, 1.82) is 0 Å². The van der Waals surface area contributed by atoms with E-state index in [2.05, 4.69) is 10.3 Å². The number of benzene rings is 2. The van der Waals surface area contributed by atoms with Gasteiger partial charge in [-0.3, -0.25) is 19.7 Å². The molecule has 2 aromatic carbocycles. The molecule has 158 valence electrons. The molecule has 1 atom stereocenters. The number of carbonyl (C=O) groups excluding carboxylic acids is 3. The number of nitrogens with zero attached hydrogens (tertiary/aromatic N) is 2. The molecule has 0 radical (unpaired) electrons. The van der Waals surface area contributed by atoms with Crippen LogP contribution < -0.4 is 10.1 Å². The van der Waals surface area contributed by atoms with Crippen molar-refractivity contribution < 1.29 is 19.1 Å². The van der Waals surface area contributed by atoms with Gasteiger partial charge in [0.1, 0.15) is 18.2 Å². The third-order valence-corrected chi connectivity index (χ3v) is 5.27. The number of ether oxygens (including phenoxy) is 1. The minimum atomic E-state index is -0.340. The van der Waals surface area contributed by atoms with Crippen molar-refractivity contribution in [3.05, 3.63) is 59.7 Å². The Labute approximate surface area is 180 Å². The molecular weight excluding hydrogens is 402 g/mol. The van der Waals surface area contributed by atoms with Crippen molar-refractivity contribution in [2.24, 2.45) is 4.99 Å². The number of likely N-dealkylation sites (N-methyl/N-ethyl adjacent to an activating group) is 1. The maximum Gasteiger partial charge on any atom is 0.239 e. The summed E-state index contributed by atoms with van der Waals surface area (Å²) in [5.41, 5.74) is 2.07. The molecule has 0 fully saturated rings. The number of rotatable bonds is 10. The predicted octanol–water partition coefficient (Wildman–Crippen LogP) is 2.72. The van der Waals surface area contributed by atoms with Gasteiger partial charge in [0.05, 0.1) is 10.9 Å². The van der Waals surface area contributed by atoms with Crippen molar-refractivity contribution >= 4 is 41.9 Å². The van der Waals surface area contributed by atoms with Crippen LogP contribution in [0.3, 0.4) is 0 Å². The molecule has 8 heteroatoms. The van der Waals surface area contributed by atoms with E-state index in [-0.39, 0.29) is 17.8 Å². The van der Waals surface area contributed by atoms with Crippen molar-refractivity contribution in [1.82, 2.24) is 10.2 Å². The zero-order valence-corrected chi connectivity index (χ0v) is 18.0. The van der Waals surface area contributed by atoms with Gasteiger partial charge in [-0.15, -0.1) is 0 Å². The van der Waals surface area contributed by atoms with Crippen LogP contribution >= 0.6 is 11.8 Å². The Bertz CT molecular complexity index is 898. The van der Waals surface area contributed by atoms with Crippen LogP contribution in [0.2, 0.25) is 0 Å². The lowest BCUT2D eigenvalue weighted by Crippen LogP contribution is -2.32. The average Bonchev–Trinajstić information content (AvgIpc) is 2.75. The fourth-order valence-electron chi connectivity index (χ4n) is 2.61. The molecule has 0 saturated heterocycles. The van der Waals surface area contributed by atoms with Crippen molar-refractivity contribution in [2.45, 2.75) is 11.7 Å². The van der Waals surface area contributed by atoms with Crippen molar-refractivity contribution in [3.8, 4) is 5.75 Å². The van der Waals surface area contributed by atoms with Crippen LogP contribution in [0.25, 0.3) is 0 Å². The van der Waals surface area contributed by atoms with Crippen LogP contribution in [0.1, 0.15) is 15.9 Å². The topological polar surface area (TPSA) is 88.1 Å². The Balaban J connectivity index is 2.05. The summed E-state index contributed by atoms with van der Waals surface area (Å²) in [5, 5.41) is 1.85. The summed E-state index contributed by atoms with van der Waals surface area (Å²) in [4.78, 5) is 39.9. The van der Waals surface area contributed by atoms with Gasteiger partial charge in [0, 0.05) is 19.7 Å². The van der Waals surface area contributed by atoms with E-state index in [9.17, 15) is 14.4 Å². The van der Waals surface area contributed by atoms with E-state index >= 15 is 0 Å². The second-order valence-electron chi connectivity index (χ2n) is 6.59. The molecule has 2 aromatic rings.